The molecule has 27 heavy (non-hydrogen) atoms. The largest absolute Gasteiger partial charge is 0.368 e. The predicted octanol–water partition coefficient (Wildman–Crippen LogP) is 1.72. The van der Waals surface area contributed by atoms with Crippen LogP contribution in [0.1, 0.15) is 5.56 Å². The van der Waals surface area contributed by atoms with Crippen LogP contribution in [0.4, 0.5) is 16.2 Å². The Kier molecular flexibility index (Phi) is 4.65. The number of tetrazole rings is 1. The van der Waals surface area contributed by atoms with Crippen LogP contribution in [0.15, 0.2) is 49.1 Å². The molecule has 138 valence electrons. The molecule has 0 atom stereocenters. The van der Waals surface area contributed by atoms with E-state index in [4.69, 9.17) is 0 Å². The Morgan fingerprint density at radius 3 is 2.56 bits per heavy atom. The summed E-state index contributed by atoms with van der Waals surface area (Å²) >= 11 is 0. The second kappa shape index (κ2) is 7.40. The number of anilines is 2. The monoisotopic (exact) mass is 364 g/mol. The predicted molar refractivity (Wildman–Crippen MR) is 101 cm³/mol. The minimum absolute atomic E-state index is 0.101. The molecule has 3 aromatic rings. The lowest BCUT2D eigenvalue weighted by Crippen LogP contribution is -2.50. The summed E-state index contributed by atoms with van der Waals surface area (Å²) in [5.74, 6) is 0. The van der Waals surface area contributed by atoms with Crippen molar-refractivity contribution in [2.24, 2.45) is 0 Å². The molecule has 1 aliphatic rings. The Morgan fingerprint density at radius 1 is 1.07 bits per heavy atom. The van der Waals surface area contributed by atoms with Crippen molar-refractivity contribution < 1.29 is 4.79 Å². The van der Waals surface area contributed by atoms with E-state index in [1.54, 1.807) is 17.1 Å². The van der Waals surface area contributed by atoms with E-state index in [1.807, 2.05) is 42.2 Å². The fraction of sp³-hybridized carbons (Fsp3) is 0.278. The summed E-state index contributed by atoms with van der Waals surface area (Å²) in [7, 11) is 0. The summed E-state index contributed by atoms with van der Waals surface area (Å²) < 4.78 is 1.58. The number of hydrogen-bond acceptors (Lipinski definition) is 6. The van der Waals surface area contributed by atoms with Crippen molar-refractivity contribution in [1.29, 1.82) is 0 Å². The molecule has 1 saturated heterocycles. The molecule has 1 aliphatic heterocycles. The molecule has 0 radical (unpaired) electrons. The molecular weight excluding hydrogens is 344 g/mol. The fourth-order valence-corrected chi connectivity index (χ4v) is 3.13. The van der Waals surface area contributed by atoms with Gasteiger partial charge in [-0.2, -0.15) is 0 Å². The molecule has 0 saturated carbocycles. The minimum Gasteiger partial charge on any atom is -0.368 e. The van der Waals surface area contributed by atoms with Gasteiger partial charge >= 0.3 is 6.03 Å². The number of benzene rings is 1. The second-order valence-corrected chi connectivity index (χ2v) is 6.37. The van der Waals surface area contributed by atoms with Crippen molar-refractivity contribution in [3.8, 4) is 5.69 Å². The van der Waals surface area contributed by atoms with Crippen molar-refractivity contribution >= 4 is 17.4 Å². The molecule has 1 N–H and O–H groups in total. The summed E-state index contributed by atoms with van der Waals surface area (Å²) in [6.07, 6.45) is 5.11. The van der Waals surface area contributed by atoms with Crippen LogP contribution in [-0.4, -0.2) is 62.3 Å². The number of urea groups is 1. The van der Waals surface area contributed by atoms with Crippen molar-refractivity contribution in [2.45, 2.75) is 6.92 Å². The smallest absolute Gasteiger partial charge is 0.321 e. The van der Waals surface area contributed by atoms with Crippen molar-refractivity contribution in [2.75, 3.05) is 36.4 Å². The molecule has 2 amide bonds. The lowest BCUT2D eigenvalue weighted by molar-refractivity contribution is 0.208. The topological polar surface area (TPSA) is 92.1 Å². The quantitative estimate of drug-likeness (QED) is 0.761. The van der Waals surface area contributed by atoms with E-state index in [2.05, 4.69) is 30.7 Å². The maximum Gasteiger partial charge on any atom is 0.321 e. The van der Waals surface area contributed by atoms with E-state index >= 15 is 0 Å². The number of carbonyl (C=O) groups excluding carboxylic acids is 1. The van der Waals surface area contributed by atoms with Gasteiger partial charge in [0, 0.05) is 49.9 Å². The molecule has 1 fully saturated rings. The Morgan fingerprint density at radius 2 is 1.85 bits per heavy atom. The molecule has 3 heterocycles. The fourth-order valence-electron chi connectivity index (χ4n) is 3.13. The van der Waals surface area contributed by atoms with Crippen LogP contribution in [-0.2, 0) is 0 Å². The zero-order chi connectivity index (χ0) is 18.6. The number of pyridine rings is 1. The molecule has 9 nitrogen and oxygen atoms in total. The van der Waals surface area contributed by atoms with Gasteiger partial charge in [0.1, 0.15) is 6.33 Å². The molecule has 1 aromatic carbocycles. The Hall–Kier alpha value is -3.49. The minimum atomic E-state index is -0.101. The van der Waals surface area contributed by atoms with Gasteiger partial charge in [-0.1, -0.05) is 6.07 Å². The maximum absolute atomic E-state index is 12.6. The van der Waals surface area contributed by atoms with Crippen LogP contribution in [0, 0.1) is 6.92 Å². The van der Waals surface area contributed by atoms with E-state index in [-0.39, 0.29) is 6.03 Å². The number of rotatable bonds is 3. The highest BCUT2D eigenvalue weighted by Gasteiger charge is 2.21. The highest BCUT2D eigenvalue weighted by Crippen LogP contribution is 2.19. The van der Waals surface area contributed by atoms with Gasteiger partial charge in [-0.3, -0.25) is 4.98 Å². The van der Waals surface area contributed by atoms with Gasteiger partial charge in [0.2, 0.25) is 0 Å². The van der Waals surface area contributed by atoms with E-state index in [9.17, 15) is 4.79 Å². The van der Waals surface area contributed by atoms with E-state index in [1.165, 1.54) is 6.33 Å². The third-order valence-corrected chi connectivity index (χ3v) is 4.65. The highest BCUT2D eigenvalue weighted by atomic mass is 16.2. The first-order valence-electron chi connectivity index (χ1n) is 8.75. The van der Waals surface area contributed by atoms with Crippen molar-refractivity contribution in [1.82, 2.24) is 30.1 Å². The molecule has 4 rings (SSSR count). The molecule has 9 heteroatoms. The zero-order valence-electron chi connectivity index (χ0n) is 15.0. The lowest BCUT2D eigenvalue weighted by atomic mass is 10.2. The number of carbonyl (C=O) groups is 1. The van der Waals surface area contributed by atoms with Gasteiger partial charge < -0.3 is 15.1 Å². The normalized spacial score (nSPS) is 14.3. The van der Waals surface area contributed by atoms with Gasteiger partial charge in [-0.05, 0) is 47.2 Å². The van der Waals surface area contributed by atoms with Crippen LogP contribution in [0.2, 0.25) is 0 Å². The van der Waals surface area contributed by atoms with Gasteiger partial charge in [0.25, 0.3) is 0 Å². The van der Waals surface area contributed by atoms with Gasteiger partial charge in [0.05, 0.1) is 5.69 Å². The third kappa shape index (κ3) is 3.71. The van der Waals surface area contributed by atoms with Crippen LogP contribution >= 0.6 is 0 Å². The number of aromatic nitrogens is 5. The highest BCUT2D eigenvalue weighted by molar-refractivity contribution is 5.90. The van der Waals surface area contributed by atoms with Crippen molar-refractivity contribution in [3.63, 3.8) is 0 Å². The number of nitrogens with zero attached hydrogens (tertiary/aromatic N) is 7. The molecule has 0 unspecified atom stereocenters. The Balaban J connectivity index is 1.39. The number of aryl methyl sites for hydroxylation is 1. The van der Waals surface area contributed by atoms with Crippen LogP contribution in [0.25, 0.3) is 5.69 Å². The van der Waals surface area contributed by atoms with Gasteiger partial charge in [0.15, 0.2) is 0 Å². The maximum atomic E-state index is 12.6. The standard InChI is InChI=1S/C18H20N8O/c1-14-2-3-15(12-17(14)26-13-20-22-23-26)21-18(27)25-10-8-24(9-11-25)16-4-6-19-7-5-16/h2-7,12-13H,8-11H2,1H3,(H,21,27). The summed E-state index contributed by atoms with van der Waals surface area (Å²) in [5, 5.41) is 14.2. The number of piperazine rings is 1. The summed E-state index contributed by atoms with van der Waals surface area (Å²) in [4.78, 5) is 20.8. The van der Waals surface area contributed by atoms with Gasteiger partial charge in [-0.25, -0.2) is 9.48 Å². The average molecular weight is 364 g/mol. The van der Waals surface area contributed by atoms with Crippen LogP contribution in [0.5, 0.6) is 0 Å². The molecule has 2 aromatic heterocycles. The van der Waals surface area contributed by atoms with Crippen LogP contribution < -0.4 is 10.2 Å². The number of nitrogens with one attached hydrogen (secondary N) is 1. The first-order valence-corrected chi connectivity index (χ1v) is 8.75. The lowest BCUT2D eigenvalue weighted by Gasteiger charge is -2.36. The third-order valence-electron chi connectivity index (χ3n) is 4.65. The summed E-state index contributed by atoms with van der Waals surface area (Å²) in [5.41, 5.74) is 3.70. The summed E-state index contributed by atoms with van der Waals surface area (Å²) in [6, 6.07) is 9.57. The van der Waals surface area contributed by atoms with Gasteiger partial charge in [-0.15, -0.1) is 5.10 Å². The van der Waals surface area contributed by atoms with E-state index < -0.39 is 0 Å². The molecule has 0 bridgehead atoms. The molecule has 0 spiro atoms. The second-order valence-electron chi connectivity index (χ2n) is 6.37. The molecular formula is C18H20N8O. The summed E-state index contributed by atoms with van der Waals surface area (Å²) in [6.45, 7) is 4.89. The van der Waals surface area contributed by atoms with Crippen molar-refractivity contribution in [3.05, 3.63) is 54.6 Å². The first-order chi connectivity index (χ1) is 13.2. The number of hydrogen-bond donors (Lipinski definition) is 1. The Labute approximate surface area is 156 Å². The average Bonchev–Trinajstić information content (AvgIpc) is 3.25. The van der Waals surface area contributed by atoms with E-state index in [0.29, 0.717) is 18.8 Å². The van der Waals surface area contributed by atoms with Crippen LogP contribution in [0.3, 0.4) is 0 Å². The van der Waals surface area contributed by atoms with E-state index in [0.717, 1.165) is 30.0 Å². The molecule has 0 aliphatic carbocycles. The Bertz CT molecular complexity index is 904. The zero-order valence-corrected chi connectivity index (χ0v) is 15.0. The first kappa shape index (κ1) is 17.0. The number of amides is 2. The SMILES string of the molecule is Cc1ccc(NC(=O)N2CCN(c3ccncc3)CC2)cc1-n1cnnn1.